The molecule has 90 valence electrons. The van der Waals surface area contributed by atoms with E-state index in [2.05, 4.69) is 28.8 Å². The molecule has 1 aliphatic rings. The molecule has 0 amide bonds. The van der Waals surface area contributed by atoms with Crippen LogP contribution >= 0.6 is 0 Å². The fourth-order valence-electron chi connectivity index (χ4n) is 2.03. The zero-order chi connectivity index (χ0) is 12.1. The van der Waals surface area contributed by atoms with Crippen LogP contribution in [0.3, 0.4) is 0 Å². The molecule has 3 heteroatoms. The number of nitrogens with zero attached hydrogens (tertiary/aromatic N) is 2. The maximum absolute atomic E-state index is 5.57. The molecule has 0 atom stereocenters. The Bertz CT molecular complexity index is 405. The van der Waals surface area contributed by atoms with Crippen LogP contribution in [0.5, 0.6) is 0 Å². The van der Waals surface area contributed by atoms with Gasteiger partial charge in [-0.25, -0.2) is 4.98 Å². The van der Waals surface area contributed by atoms with E-state index in [1.807, 2.05) is 12.1 Å². The summed E-state index contributed by atoms with van der Waals surface area (Å²) in [5.74, 6) is 7.09. The number of pyridine rings is 1. The average Bonchev–Trinajstić information content (AvgIpc) is 2.34. The smallest absolute Gasteiger partial charge is 0.113 e. The molecular formula is C14H19N3. The first kappa shape index (κ1) is 11.9. The minimum absolute atomic E-state index is 0.686. The van der Waals surface area contributed by atoms with E-state index in [1.165, 1.54) is 25.9 Å². The number of aromatic nitrogens is 1. The van der Waals surface area contributed by atoms with Gasteiger partial charge in [-0.2, -0.15) is 0 Å². The van der Waals surface area contributed by atoms with Crippen LogP contribution in [0, 0.1) is 17.8 Å². The standard InChI is InChI=1S/C14H19N3/c1-17-9-7-12(8-10-17)3-2-4-14-6-5-13(15)11-16-14/h5-6,11-12H,3,7-10,15H2,1H3. The third-order valence-electron chi connectivity index (χ3n) is 3.23. The fraction of sp³-hybridized carbons (Fsp3) is 0.500. The number of hydrogen-bond acceptors (Lipinski definition) is 3. The SMILES string of the molecule is CN1CCC(CC#Cc2ccc(N)cn2)CC1. The highest BCUT2D eigenvalue weighted by molar-refractivity contribution is 5.38. The van der Waals surface area contributed by atoms with Crippen LogP contribution in [0.1, 0.15) is 25.0 Å². The van der Waals surface area contributed by atoms with Crippen molar-refractivity contribution in [3.63, 3.8) is 0 Å². The van der Waals surface area contributed by atoms with E-state index in [0.717, 1.165) is 18.0 Å². The lowest BCUT2D eigenvalue weighted by molar-refractivity contribution is 0.222. The van der Waals surface area contributed by atoms with E-state index in [0.29, 0.717) is 5.69 Å². The fourth-order valence-corrected chi connectivity index (χ4v) is 2.03. The molecule has 1 saturated heterocycles. The second-order valence-corrected chi connectivity index (χ2v) is 4.73. The number of hydrogen-bond donors (Lipinski definition) is 1. The molecule has 3 nitrogen and oxygen atoms in total. The molecule has 0 radical (unpaired) electrons. The van der Waals surface area contributed by atoms with E-state index in [4.69, 9.17) is 5.73 Å². The molecule has 0 bridgehead atoms. The van der Waals surface area contributed by atoms with Crippen LogP contribution in [0.15, 0.2) is 18.3 Å². The van der Waals surface area contributed by atoms with Gasteiger partial charge in [0.05, 0.1) is 11.9 Å². The summed E-state index contributed by atoms with van der Waals surface area (Å²) in [5.41, 5.74) is 7.07. The summed E-state index contributed by atoms with van der Waals surface area (Å²) >= 11 is 0. The van der Waals surface area contributed by atoms with Crippen molar-refractivity contribution in [2.45, 2.75) is 19.3 Å². The van der Waals surface area contributed by atoms with Crippen LogP contribution < -0.4 is 5.73 Å². The van der Waals surface area contributed by atoms with E-state index < -0.39 is 0 Å². The van der Waals surface area contributed by atoms with Crippen molar-refractivity contribution >= 4 is 5.69 Å². The van der Waals surface area contributed by atoms with Gasteiger partial charge in [0, 0.05) is 6.42 Å². The maximum atomic E-state index is 5.57. The number of nitrogen functional groups attached to an aromatic ring is 1. The van der Waals surface area contributed by atoms with Gasteiger partial charge in [-0.1, -0.05) is 5.92 Å². The van der Waals surface area contributed by atoms with Gasteiger partial charge in [0.1, 0.15) is 5.69 Å². The van der Waals surface area contributed by atoms with Gasteiger partial charge >= 0.3 is 0 Å². The van der Waals surface area contributed by atoms with Gasteiger partial charge in [0.25, 0.3) is 0 Å². The van der Waals surface area contributed by atoms with Crippen molar-refractivity contribution in [3.05, 3.63) is 24.0 Å². The van der Waals surface area contributed by atoms with Crippen molar-refractivity contribution < 1.29 is 0 Å². The number of anilines is 1. The van der Waals surface area contributed by atoms with Crippen LogP contribution in [0.2, 0.25) is 0 Å². The monoisotopic (exact) mass is 229 g/mol. The lowest BCUT2D eigenvalue weighted by atomic mass is 9.94. The lowest BCUT2D eigenvalue weighted by Gasteiger charge is -2.27. The van der Waals surface area contributed by atoms with Gasteiger partial charge in [0.2, 0.25) is 0 Å². The van der Waals surface area contributed by atoms with E-state index in [1.54, 1.807) is 6.20 Å². The third-order valence-corrected chi connectivity index (χ3v) is 3.23. The maximum Gasteiger partial charge on any atom is 0.113 e. The Labute approximate surface area is 103 Å². The molecule has 1 fully saturated rings. The zero-order valence-electron chi connectivity index (χ0n) is 10.3. The number of likely N-dealkylation sites (tertiary alicyclic amines) is 1. The highest BCUT2D eigenvalue weighted by Gasteiger charge is 2.14. The summed E-state index contributed by atoms with van der Waals surface area (Å²) in [7, 11) is 2.18. The molecule has 2 N–H and O–H groups in total. The molecule has 17 heavy (non-hydrogen) atoms. The molecule has 0 unspecified atom stereocenters. The first-order chi connectivity index (χ1) is 8.24. The molecule has 2 heterocycles. The summed E-state index contributed by atoms with van der Waals surface area (Å²) < 4.78 is 0. The summed E-state index contributed by atoms with van der Waals surface area (Å²) in [6, 6.07) is 3.71. The van der Waals surface area contributed by atoms with Crippen LogP contribution in [-0.4, -0.2) is 30.0 Å². The number of nitrogens with two attached hydrogens (primary N) is 1. The largest absolute Gasteiger partial charge is 0.397 e. The predicted octanol–water partition coefficient (Wildman–Crippen LogP) is 1.75. The Balaban J connectivity index is 1.84. The average molecular weight is 229 g/mol. The summed E-state index contributed by atoms with van der Waals surface area (Å²) in [6.45, 7) is 2.40. The first-order valence-electron chi connectivity index (χ1n) is 6.13. The second-order valence-electron chi connectivity index (χ2n) is 4.73. The van der Waals surface area contributed by atoms with Gasteiger partial charge in [0.15, 0.2) is 0 Å². The van der Waals surface area contributed by atoms with Crippen molar-refractivity contribution in [1.82, 2.24) is 9.88 Å². The normalized spacial score (nSPS) is 17.5. The summed E-state index contributed by atoms with van der Waals surface area (Å²) in [5, 5.41) is 0. The summed E-state index contributed by atoms with van der Waals surface area (Å²) in [4.78, 5) is 6.55. The van der Waals surface area contributed by atoms with Crippen LogP contribution in [0.25, 0.3) is 0 Å². The molecule has 0 spiro atoms. The quantitative estimate of drug-likeness (QED) is 0.746. The molecule has 2 rings (SSSR count). The minimum Gasteiger partial charge on any atom is -0.397 e. The molecule has 1 aromatic heterocycles. The van der Waals surface area contributed by atoms with Gasteiger partial charge < -0.3 is 10.6 Å². The van der Waals surface area contributed by atoms with Gasteiger partial charge in [-0.15, -0.1) is 0 Å². The number of rotatable bonds is 1. The highest BCUT2D eigenvalue weighted by Crippen LogP contribution is 2.18. The van der Waals surface area contributed by atoms with Gasteiger partial charge in [-0.3, -0.25) is 0 Å². The Morgan fingerprint density at radius 2 is 2.18 bits per heavy atom. The Morgan fingerprint density at radius 1 is 1.41 bits per heavy atom. The molecule has 0 aromatic carbocycles. The second kappa shape index (κ2) is 5.70. The highest BCUT2D eigenvalue weighted by atomic mass is 15.1. The minimum atomic E-state index is 0.686. The third kappa shape index (κ3) is 3.76. The number of piperidine rings is 1. The lowest BCUT2D eigenvalue weighted by Crippen LogP contribution is -2.29. The molecule has 1 aromatic rings. The van der Waals surface area contributed by atoms with Crippen molar-refractivity contribution in [1.29, 1.82) is 0 Å². The Hall–Kier alpha value is -1.53. The Kier molecular flexibility index (Phi) is 4.00. The van der Waals surface area contributed by atoms with Gasteiger partial charge in [-0.05, 0) is 56.9 Å². The van der Waals surface area contributed by atoms with Crippen molar-refractivity contribution in [2.24, 2.45) is 5.92 Å². The van der Waals surface area contributed by atoms with Crippen LogP contribution in [-0.2, 0) is 0 Å². The van der Waals surface area contributed by atoms with E-state index >= 15 is 0 Å². The molecule has 0 aliphatic carbocycles. The van der Waals surface area contributed by atoms with E-state index in [-0.39, 0.29) is 0 Å². The topological polar surface area (TPSA) is 42.1 Å². The molecule has 0 saturated carbocycles. The molecule has 1 aliphatic heterocycles. The van der Waals surface area contributed by atoms with Crippen molar-refractivity contribution in [2.75, 3.05) is 25.9 Å². The first-order valence-corrected chi connectivity index (χ1v) is 6.13. The summed E-state index contributed by atoms with van der Waals surface area (Å²) in [6.07, 6.45) is 5.17. The van der Waals surface area contributed by atoms with Crippen LogP contribution in [0.4, 0.5) is 5.69 Å². The Morgan fingerprint density at radius 3 is 2.82 bits per heavy atom. The van der Waals surface area contributed by atoms with E-state index in [9.17, 15) is 0 Å². The zero-order valence-corrected chi connectivity index (χ0v) is 10.3. The molecular weight excluding hydrogens is 210 g/mol. The predicted molar refractivity (Wildman–Crippen MR) is 70.4 cm³/mol. The van der Waals surface area contributed by atoms with Crippen molar-refractivity contribution in [3.8, 4) is 11.8 Å².